The quantitative estimate of drug-likeness (QED) is 0.546. The van der Waals surface area contributed by atoms with Gasteiger partial charge in [-0.1, -0.05) is 31.2 Å². The number of nitrogens with zero attached hydrogens (tertiary/aromatic N) is 1. The van der Waals surface area contributed by atoms with Gasteiger partial charge in [0.2, 0.25) is 0 Å². The minimum absolute atomic E-state index is 0.521. The van der Waals surface area contributed by atoms with Crippen molar-refractivity contribution in [2.75, 3.05) is 0 Å². The van der Waals surface area contributed by atoms with E-state index in [0.717, 1.165) is 12.0 Å². The van der Waals surface area contributed by atoms with Crippen molar-refractivity contribution in [1.82, 2.24) is 5.43 Å². The van der Waals surface area contributed by atoms with Crippen molar-refractivity contribution in [3.63, 3.8) is 0 Å². The Kier molecular flexibility index (Phi) is 3.26. The van der Waals surface area contributed by atoms with Gasteiger partial charge in [-0.25, -0.2) is 0 Å². The molecule has 0 aromatic heterocycles. The van der Waals surface area contributed by atoms with Crippen LogP contribution in [-0.2, 0) is 13.0 Å². The molecule has 0 fully saturated rings. The summed E-state index contributed by atoms with van der Waals surface area (Å²) in [6, 6.07) is 8.01. The van der Waals surface area contributed by atoms with E-state index in [1.54, 1.807) is 0 Å². The Bertz CT molecular complexity index is 260. The highest BCUT2D eigenvalue weighted by Crippen LogP contribution is 2.08. The molecule has 1 aromatic rings. The second kappa shape index (κ2) is 4.49. The van der Waals surface area contributed by atoms with E-state index in [0.29, 0.717) is 6.54 Å². The molecule has 0 radical (unpaired) electrons. The molecular formula is C9H12N2O. The summed E-state index contributed by atoms with van der Waals surface area (Å²) in [6.07, 6.45) is 0.983. The van der Waals surface area contributed by atoms with Gasteiger partial charge in [-0.15, -0.1) is 4.91 Å². The molecule has 0 bridgehead atoms. The predicted octanol–water partition coefficient (Wildman–Crippen LogP) is 2.02. The first-order valence-electron chi connectivity index (χ1n) is 4.00. The molecule has 0 atom stereocenters. The number of hydrogen-bond acceptors (Lipinski definition) is 2. The van der Waals surface area contributed by atoms with Gasteiger partial charge in [0.1, 0.15) is 0 Å². The lowest BCUT2D eigenvalue weighted by Gasteiger charge is -2.04. The number of nitrogens with one attached hydrogen (secondary N) is 1. The Morgan fingerprint density at radius 3 is 2.58 bits per heavy atom. The van der Waals surface area contributed by atoms with E-state index < -0.39 is 0 Å². The molecule has 0 spiro atoms. The summed E-state index contributed by atoms with van der Waals surface area (Å²) in [5.74, 6) is 0. The molecule has 0 aliphatic rings. The van der Waals surface area contributed by atoms with Gasteiger partial charge in [0.15, 0.2) is 0 Å². The third-order valence-electron chi connectivity index (χ3n) is 1.83. The summed E-state index contributed by atoms with van der Waals surface area (Å²) in [6.45, 7) is 2.61. The molecule has 0 unspecified atom stereocenters. The SMILES string of the molecule is CCc1ccccc1CNN=O. The maximum Gasteiger partial charge on any atom is 0.0614 e. The number of hydrogen-bond donors (Lipinski definition) is 1. The maximum absolute atomic E-state index is 9.82. The lowest BCUT2D eigenvalue weighted by Crippen LogP contribution is -2.05. The zero-order chi connectivity index (χ0) is 8.81. The van der Waals surface area contributed by atoms with Crippen molar-refractivity contribution in [3.05, 3.63) is 40.3 Å². The topological polar surface area (TPSA) is 41.5 Å². The van der Waals surface area contributed by atoms with Crippen molar-refractivity contribution in [1.29, 1.82) is 0 Å². The summed E-state index contributed by atoms with van der Waals surface area (Å²) in [5.41, 5.74) is 4.81. The molecule has 1 rings (SSSR count). The molecule has 1 N–H and O–H groups in total. The normalized spacial score (nSPS) is 9.42. The molecule has 0 saturated carbocycles. The fraction of sp³-hybridized carbons (Fsp3) is 0.333. The first kappa shape index (κ1) is 8.71. The molecule has 0 amide bonds. The lowest BCUT2D eigenvalue weighted by molar-refractivity contribution is 0.730. The summed E-state index contributed by atoms with van der Waals surface area (Å²) in [4.78, 5) is 9.82. The second-order valence-corrected chi connectivity index (χ2v) is 2.55. The van der Waals surface area contributed by atoms with Crippen LogP contribution in [-0.4, -0.2) is 0 Å². The minimum Gasteiger partial charge on any atom is -0.269 e. The number of nitroso groups, excluding NO2 is 1. The van der Waals surface area contributed by atoms with Gasteiger partial charge in [-0.3, -0.25) is 5.43 Å². The standard InChI is InChI=1S/C9H12N2O/c1-2-8-5-3-4-6-9(8)7-10-11-12/h3-6H,2,7H2,1H3,(H,10,12). The zero-order valence-corrected chi connectivity index (χ0v) is 7.08. The average Bonchev–Trinajstić information content (AvgIpc) is 2.15. The number of rotatable bonds is 4. The largest absolute Gasteiger partial charge is 0.269 e. The van der Waals surface area contributed by atoms with Crippen molar-refractivity contribution >= 4 is 0 Å². The predicted molar refractivity (Wildman–Crippen MR) is 48.5 cm³/mol. The van der Waals surface area contributed by atoms with E-state index in [4.69, 9.17) is 0 Å². The Morgan fingerprint density at radius 1 is 1.33 bits per heavy atom. The molecule has 12 heavy (non-hydrogen) atoms. The van der Waals surface area contributed by atoms with Gasteiger partial charge in [-0.05, 0) is 17.5 Å². The van der Waals surface area contributed by atoms with Gasteiger partial charge in [-0.2, -0.15) is 0 Å². The van der Waals surface area contributed by atoms with Crippen LogP contribution in [0.1, 0.15) is 18.1 Å². The van der Waals surface area contributed by atoms with Crippen LogP contribution < -0.4 is 5.43 Å². The van der Waals surface area contributed by atoms with Crippen LogP contribution in [0.2, 0.25) is 0 Å². The van der Waals surface area contributed by atoms with Crippen LogP contribution in [0.5, 0.6) is 0 Å². The smallest absolute Gasteiger partial charge is 0.0614 e. The minimum atomic E-state index is 0.521. The van der Waals surface area contributed by atoms with Crippen LogP contribution in [0, 0.1) is 4.91 Å². The summed E-state index contributed by atoms with van der Waals surface area (Å²) >= 11 is 0. The van der Waals surface area contributed by atoms with E-state index in [2.05, 4.69) is 23.7 Å². The number of benzene rings is 1. The van der Waals surface area contributed by atoms with E-state index >= 15 is 0 Å². The van der Waals surface area contributed by atoms with E-state index in [9.17, 15) is 4.91 Å². The fourth-order valence-electron chi connectivity index (χ4n) is 1.19. The molecule has 3 heteroatoms. The summed E-state index contributed by atoms with van der Waals surface area (Å²) in [7, 11) is 0. The van der Waals surface area contributed by atoms with Gasteiger partial charge in [0, 0.05) is 5.29 Å². The van der Waals surface area contributed by atoms with Gasteiger partial charge >= 0.3 is 0 Å². The molecule has 1 aromatic carbocycles. The summed E-state index contributed by atoms with van der Waals surface area (Å²) in [5, 5.41) is 2.61. The monoisotopic (exact) mass is 164 g/mol. The van der Waals surface area contributed by atoms with Gasteiger partial charge in [0.05, 0.1) is 6.54 Å². The maximum atomic E-state index is 9.82. The zero-order valence-electron chi connectivity index (χ0n) is 7.08. The Hall–Kier alpha value is -1.38. The highest BCUT2D eigenvalue weighted by molar-refractivity contribution is 5.26. The Labute approximate surface area is 71.7 Å². The molecule has 0 aliphatic carbocycles. The molecular weight excluding hydrogens is 152 g/mol. The van der Waals surface area contributed by atoms with Crippen LogP contribution in [0.25, 0.3) is 0 Å². The first-order valence-corrected chi connectivity index (χ1v) is 4.00. The molecule has 3 nitrogen and oxygen atoms in total. The molecule has 0 aliphatic heterocycles. The van der Waals surface area contributed by atoms with Gasteiger partial charge < -0.3 is 0 Å². The summed E-state index contributed by atoms with van der Waals surface area (Å²) < 4.78 is 0. The highest BCUT2D eigenvalue weighted by Gasteiger charge is 1.97. The molecule has 0 heterocycles. The van der Waals surface area contributed by atoms with E-state index in [1.165, 1.54) is 5.56 Å². The van der Waals surface area contributed by atoms with Crippen LogP contribution >= 0.6 is 0 Å². The fourth-order valence-corrected chi connectivity index (χ4v) is 1.19. The van der Waals surface area contributed by atoms with E-state index in [1.807, 2.05) is 18.2 Å². The second-order valence-electron chi connectivity index (χ2n) is 2.55. The first-order chi connectivity index (χ1) is 5.88. The van der Waals surface area contributed by atoms with Crippen molar-refractivity contribution in [2.45, 2.75) is 19.9 Å². The van der Waals surface area contributed by atoms with E-state index in [-0.39, 0.29) is 0 Å². The average molecular weight is 164 g/mol. The van der Waals surface area contributed by atoms with Crippen molar-refractivity contribution in [3.8, 4) is 0 Å². The third kappa shape index (κ3) is 2.05. The molecule has 0 saturated heterocycles. The number of aryl methyl sites for hydroxylation is 1. The van der Waals surface area contributed by atoms with Gasteiger partial charge in [0.25, 0.3) is 0 Å². The van der Waals surface area contributed by atoms with Crippen LogP contribution in [0.3, 0.4) is 0 Å². The van der Waals surface area contributed by atoms with Crippen LogP contribution in [0.4, 0.5) is 0 Å². The highest BCUT2D eigenvalue weighted by atomic mass is 16.3. The molecule has 64 valence electrons. The van der Waals surface area contributed by atoms with Crippen molar-refractivity contribution < 1.29 is 0 Å². The third-order valence-corrected chi connectivity index (χ3v) is 1.83. The van der Waals surface area contributed by atoms with Crippen LogP contribution in [0.15, 0.2) is 29.6 Å². The Morgan fingerprint density at radius 2 is 2.00 bits per heavy atom. The Balaban J connectivity index is 2.74. The lowest BCUT2D eigenvalue weighted by atomic mass is 10.1. The van der Waals surface area contributed by atoms with Crippen molar-refractivity contribution in [2.24, 2.45) is 5.29 Å².